The summed E-state index contributed by atoms with van der Waals surface area (Å²) in [5.41, 5.74) is -0.609. The molecule has 0 bridgehead atoms. The van der Waals surface area contributed by atoms with Gasteiger partial charge in [-0.2, -0.15) is 0 Å². The lowest BCUT2D eigenvalue weighted by Gasteiger charge is -2.46. The Balaban J connectivity index is 3.10. The highest BCUT2D eigenvalue weighted by molar-refractivity contribution is 6.74. The second kappa shape index (κ2) is 22.8. The van der Waals surface area contributed by atoms with E-state index in [-0.39, 0.29) is 35.1 Å². The molecule has 1 amide bonds. The molecule has 1 rings (SSSR count). The predicted molar refractivity (Wildman–Crippen MR) is 221 cm³/mol. The van der Waals surface area contributed by atoms with E-state index < -0.39 is 34.6 Å². The highest BCUT2D eigenvalue weighted by atomic mass is 28.4. The Bertz CT molecular complexity index is 943. The molecule has 0 aliphatic carbocycles. The number of rotatable bonds is 24. The summed E-state index contributed by atoms with van der Waals surface area (Å²) in [5.74, 6) is 1.19. The zero-order valence-corrected chi connectivity index (χ0v) is 38.7. The van der Waals surface area contributed by atoms with Gasteiger partial charge in [-0.1, -0.05) is 132 Å². The number of hydrogen-bond donors (Lipinski definition) is 1. The van der Waals surface area contributed by atoms with E-state index in [9.17, 15) is 4.79 Å². The van der Waals surface area contributed by atoms with Crippen LogP contribution in [-0.4, -0.2) is 66.1 Å². The molecule has 304 valence electrons. The van der Waals surface area contributed by atoms with Gasteiger partial charge in [0.2, 0.25) is 0 Å². The Hall–Kier alpha value is -0.456. The molecule has 0 aromatic carbocycles. The summed E-state index contributed by atoms with van der Waals surface area (Å²) in [7, 11) is -3.91. The Morgan fingerprint density at radius 3 is 1.75 bits per heavy atom. The van der Waals surface area contributed by atoms with Gasteiger partial charge in [-0.05, 0) is 82.7 Å². The van der Waals surface area contributed by atoms with Crippen molar-refractivity contribution < 1.29 is 27.9 Å². The van der Waals surface area contributed by atoms with E-state index in [0.29, 0.717) is 25.0 Å². The summed E-state index contributed by atoms with van der Waals surface area (Å²) in [6, 6.07) is -0.386. The fraction of sp³-hybridized carbons (Fsp3) is 0.976. The van der Waals surface area contributed by atoms with E-state index >= 15 is 0 Å². The van der Waals surface area contributed by atoms with Crippen LogP contribution < -0.4 is 5.32 Å². The Morgan fingerprint density at radius 2 is 1.27 bits per heavy atom. The monoisotopic (exact) mass is 758 g/mol. The van der Waals surface area contributed by atoms with Crippen molar-refractivity contribution in [3.63, 3.8) is 0 Å². The van der Waals surface area contributed by atoms with Crippen LogP contribution in [0.15, 0.2) is 0 Å². The number of amides is 1. The topological polar surface area (TPSA) is 75.3 Å². The molecular formula is C42H87NO6Si2. The lowest BCUT2D eigenvalue weighted by molar-refractivity contribution is -0.256. The number of unbranched alkanes of at least 4 members (excludes halogenated alkanes) is 11. The van der Waals surface area contributed by atoms with Crippen LogP contribution in [-0.2, 0) is 23.1 Å². The minimum Gasteiger partial charge on any atom is -0.444 e. The zero-order valence-electron chi connectivity index (χ0n) is 36.7. The lowest BCUT2D eigenvalue weighted by Crippen LogP contribution is -2.57. The fourth-order valence-corrected chi connectivity index (χ4v) is 8.75. The molecule has 2 unspecified atom stereocenters. The molecule has 0 aromatic rings. The van der Waals surface area contributed by atoms with Gasteiger partial charge in [0, 0.05) is 5.92 Å². The van der Waals surface area contributed by atoms with Gasteiger partial charge in [-0.3, -0.25) is 0 Å². The molecule has 0 spiro atoms. The van der Waals surface area contributed by atoms with Gasteiger partial charge in [0.15, 0.2) is 22.9 Å². The zero-order chi connectivity index (χ0) is 39.0. The Morgan fingerprint density at radius 1 is 0.765 bits per heavy atom. The molecule has 0 radical (unpaired) electrons. The number of hydrogen-bond acceptors (Lipinski definition) is 6. The van der Waals surface area contributed by atoms with Gasteiger partial charge in [-0.25, -0.2) is 4.79 Å². The van der Waals surface area contributed by atoms with Crippen molar-refractivity contribution in [3.8, 4) is 0 Å². The molecule has 8 atom stereocenters. The summed E-state index contributed by atoms with van der Waals surface area (Å²) >= 11 is 0. The van der Waals surface area contributed by atoms with Crippen molar-refractivity contribution in [1.82, 2.24) is 5.32 Å². The van der Waals surface area contributed by atoms with Crippen LogP contribution in [0, 0.1) is 23.7 Å². The maximum absolute atomic E-state index is 13.4. The SMILES string of the molecule is CCCCCCCCCCCCCC[C@@H](C)[C@@H](O[Si](C)(C)C(C)(C)C)[C@H](CO[C@H]1OC(CO[Si](C)(C)C)[C@H](C)[C@H](C)C1C)NC(=O)OC(C)(C)C. The van der Waals surface area contributed by atoms with Crippen LogP contribution in [0.25, 0.3) is 0 Å². The van der Waals surface area contributed by atoms with Crippen LogP contribution in [0.2, 0.25) is 37.8 Å². The number of nitrogens with one attached hydrogen (secondary N) is 1. The number of alkyl carbamates (subject to hydrolysis) is 1. The molecule has 1 heterocycles. The average Bonchev–Trinajstić information content (AvgIpc) is 2.99. The first-order chi connectivity index (χ1) is 23.5. The van der Waals surface area contributed by atoms with Crippen molar-refractivity contribution in [2.24, 2.45) is 23.7 Å². The number of carbonyl (C=O) groups excluding carboxylic acids is 1. The molecule has 51 heavy (non-hydrogen) atoms. The first-order valence-corrected chi connectivity index (χ1v) is 27.4. The van der Waals surface area contributed by atoms with Crippen LogP contribution in [0.3, 0.4) is 0 Å². The second-order valence-corrected chi connectivity index (χ2v) is 28.9. The van der Waals surface area contributed by atoms with Crippen molar-refractivity contribution in [1.29, 1.82) is 0 Å². The first kappa shape index (κ1) is 48.6. The summed E-state index contributed by atoms with van der Waals surface area (Å²) in [5, 5.41) is 3.26. The molecular weight excluding hydrogens is 671 g/mol. The summed E-state index contributed by atoms with van der Waals surface area (Å²) < 4.78 is 32.7. The van der Waals surface area contributed by atoms with Gasteiger partial charge < -0.3 is 28.4 Å². The molecule has 0 aromatic heterocycles. The highest BCUT2D eigenvalue weighted by Gasteiger charge is 2.44. The Labute approximate surface area is 319 Å². The maximum Gasteiger partial charge on any atom is 0.408 e. The van der Waals surface area contributed by atoms with E-state index in [2.05, 4.69) is 93.4 Å². The van der Waals surface area contributed by atoms with Gasteiger partial charge in [-0.15, -0.1) is 0 Å². The largest absolute Gasteiger partial charge is 0.444 e. The third kappa shape index (κ3) is 19.6. The first-order valence-electron chi connectivity index (χ1n) is 21.1. The van der Waals surface area contributed by atoms with E-state index in [1.54, 1.807) is 0 Å². The third-order valence-electron chi connectivity index (χ3n) is 11.5. The number of ether oxygens (including phenoxy) is 3. The lowest BCUT2D eigenvalue weighted by atomic mass is 9.79. The molecule has 0 saturated carbocycles. The standard InChI is InChI=1S/C42H87NO6Si2/c1-17-18-19-20-21-22-23-24-25-26-27-28-29-32(2)38(49-51(15,16)42(9,10)11)36(43-40(44)48-41(6,7)8)30-45-39-35(5)33(3)34(4)37(47-39)31-46-50(12,13)14/h32-39H,17-31H2,1-16H3,(H,43,44)/t32-,33+,34-,35?,36+,37?,38-,39+/m1/s1. The minimum atomic E-state index is -2.21. The van der Waals surface area contributed by atoms with E-state index in [4.69, 9.17) is 23.1 Å². The summed E-state index contributed by atoms with van der Waals surface area (Å²) in [6.07, 6.45) is 16.0. The average molecular weight is 758 g/mol. The number of carbonyl (C=O) groups is 1. The van der Waals surface area contributed by atoms with Crippen molar-refractivity contribution >= 4 is 22.7 Å². The van der Waals surface area contributed by atoms with E-state index in [0.717, 1.165) is 12.8 Å². The molecule has 1 fully saturated rings. The third-order valence-corrected chi connectivity index (χ3v) is 17.0. The predicted octanol–water partition coefficient (Wildman–Crippen LogP) is 12.5. The molecule has 1 aliphatic rings. The van der Waals surface area contributed by atoms with Crippen molar-refractivity contribution in [2.45, 2.75) is 228 Å². The summed E-state index contributed by atoms with van der Waals surface area (Å²) in [6.45, 7) is 36.1. The van der Waals surface area contributed by atoms with Crippen LogP contribution in [0.5, 0.6) is 0 Å². The minimum absolute atomic E-state index is 0.0223. The van der Waals surface area contributed by atoms with Gasteiger partial charge in [0.25, 0.3) is 0 Å². The summed E-state index contributed by atoms with van der Waals surface area (Å²) in [4.78, 5) is 13.4. The molecule has 1 aliphatic heterocycles. The smallest absolute Gasteiger partial charge is 0.408 e. The molecule has 1 saturated heterocycles. The normalized spacial score (nSPS) is 23.9. The van der Waals surface area contributed by atoms with Crippen molar-refractivity contribution in [2.75, 3.05) is 13.2 Å². The van der Waals surface area contributed by atoms with Gasteiger partial charge in [0.1, 0.15) is 5.60 Å². The second-order valence-electron chi connectivity index (χ2n) is 19.6. The Kier molecular flexibility index (Phi) is 21.7. The van der Waals surface area contributed by atoms with Crippen LogP contribution in [0.4, 0.5) is 4.79 Å². The fourth-order valence-electron chi connectivity index (χ4n) is 6.66. The molecule has 1 N–H and O–H groups in total. The van der Waals surface area contributed by atoms with E-state index in [1.807, 2.05) is 20.8 Å². The quantitative estimate of drug-likeness (QED) is 0.0780. The van der Waals surface area contributed by atoms with E-state index in [1.165, 1.54) is 70.6 Å². The van der Waals surface area contributed by atoms with Gasteiger partial charge in [0.05, 0.1) is 31.5 Å². The van der Waals surface area contributed by atoms with Crippen LogP contribution in [0.1, 0.15) is 160 Å². The molecule has 7 nitrogen and oxygen atoms in total. The molecule has 9 heteroatoms. The van der Waals surface area contributed by atoms with Crippen molar-refractivity contribution in [3.05, 3.63) is 0 Å². The maximum atomic E-state index is 13.4. The highest BCUT2D eigenvalue weighted by Crippen LogP contribution is 2.40. The van der Waals surface area contributed by atoms with Gasteiger partial charge >= 0.3 is 6.09 Å². The van der Waals surface area contributed by atoms with Crippen LogP contribution >= 0.6 is 0 Å².